The first kappa shape index (κ1) is 15.9. The van der Waals surface area contributed by atoms with Crippen molar-refractivity contribution in [3.63, 3.8) is 0 Å². The van der Waals surface area contributed by atoms with Crippen LogP contribution in [0.1, 0.15) is 36.6 Å². The average molecular weight is 304 g/mol. The first-order chi connectivity index (χ1) is 9.97. The molecule has 3 heteroatoms. The number of phenolic OH excluding ortho intramolecular Hbond substituents is 1. The van der Waals surface area contributed by atoms with Crippen molar-refractivity contribution in [3.8, 4) is 5.75 Å². The van der Waals surface area contributed by atoms with E-state index in [1.807, 2.05) is 37.3 Å². The SMILES string of the molecule is Cc1ccc(O)c(C(C)NC(C)Cc2ccccc2Cl)c1. The van der Waals surface area contributed by atoms with E-state index in [1.165, 1.54) is 0 Å². The first-order valence-electron chi connectivity index (χ1n) is 7.26. The summed E-state index contributed by atoms with van der Waals surface area (Å²) in [7, 11) is 0. The highest BCUT2D eigenvalue weighted by molar-refractivity contribution is 6.31. The molecule has 0 aliphatic rings. The maximum Gasteiger partial charge on any atom is 0.120 e. The Bertz CT molecular complexity index is 612. The third kappa shape index (κ3) is 4.23. The molecule has 0 aliphatic carbocycles. The summed E-state index contributed by atoms with van der Waals surface area (Å²) in [6.07, 6.45) is 0.858. The second-order valence-corrected chi connectivity index (χ2v) is 6.05. The molecular formula is C18H22ClNO. The predicted octanol–water partition coefficient (Wildman–Crippen LogP) is 4.64. The van der Waals surface area contributed by atoms with Crippen molar-refractivity contribution in [2.75, 3.05) is 0 Å². The summed E-state index contributed by atoms with van der Waals surface area (Å²) in [4.78, 5) is 0. The molecule has 2 aromatic rings. The van der Waals surface area contributed by atoms with Gasteiger partial charge in [0.1, 0.15) is 5.75 Å². The van der Waals surface area contributed by atoms with Gasteiger partial charge in [0.2, 0.25) is 0 Å². The number of phenols is 1. The lowest BCUT2D eigenvalue weighted by atomic mass is 10.0. The van der Waals surface area contributed by atoms with Gasteiger partial charge in [-0.3, -0.25) is 0 Å². The van der Waals surface area contributed by atoms with Crippen LogP contribution in [0.25, 0.3) is 0 Å². The zero-order valence-electron chi connectivity index (χ0n) is 12.7. The van der Waals surface area contributed by atoms with Gasteiger partial charge in [0.25, 0.3) is 0 Å². The predicted molar refractivity (Wildman–Crippen MR) is 89.0 cm³/mol. The Hall–Kier alpha value is -1.51. The van der Waals surface area contributed by atoms with Gasteiger partial charge in [0.15, 0.2) is 0 Å². The highest BCUT2D eigenvalue weighted by atomic mass is 35.5. The topological polar surface area (TPSA) is 32.3 Å². The highest BCUT2D eigenvalue weighted by Gasteiger charge is 2.14. The molecule has 21 heavy (non-hydrogen) atoms. The largest absolute Gasteiger partial charge is 0.508 e. The smallest absolute Gasteiger partial charge is 0.120 e. The van der Waals surface area contributed by atoms with Gasteiger partial charge in [0.05, 0.1) is 0 Å². The van der Waals surface area contributed by atoms with Crippen LogP contribution in [0, 0.1) is 6.92 Å². The molecule has 0 saturated carbocycles. The summed E-state index contributed by atoms with van der Waals surface area (Å²) in [5.41, 5.74) is 3.22. The quantitative estimate of drug-likeness (QED) is 0.843. The van der Waals surface area contributed by atoms with Crippen LogP contribution in [0.15, 0.2) is 42.5 Å². The van der Waals surface area contributed by atoms with Gasteiger partial charge in [0, 0.05) is 22.7 Å². The minimum absolute atomic E-state index is 0.0855. The molecule has 0 aromatic heterocycles. The highest BCUT2D eigenvalue weighted by Crippen LogP contribution is 2.26. The maximum atomic E-state index is 9.99. The third-order valence-corrected chi connectivity index (χ3v) is 4.04. The van der Waals surface area contributed by atoms with Crippen LogP contribution in [0.3, 0.4) is 0 Å². The third-order valence-electron chi connectivity index (χ3n) is 3.67. The molecule has 2 rings (SSSR count). The normalized spacial score (nSPS) is 13.9. The van der Waals surface area contributed by atoms with E-state index < -0.39 is 0 Å². The van der Waals surface area contributed by atoms with Crippen LogP contribution in [0.5, 0.6) is 5.75 Å². The van der Waals surface area contributed by atoms with E-state index in [-0.39, 0.29) is 12.1 Å². The number of aromatic hydroxyl groups is 1. The summed E-state index contributed by atoms with van der Waals surface area (Å²) in [6.45, 7) is 6.23. The molecule has 0 heterocycles. The molecule has 2 atom stereocenters. The zero-order chi connectivity index (χ0) is 15.4. The van der Waals surface area contributed by atoms with Crippen molar-refractivity contribution in [1.29, 1.82) is 0 Å². The van der Waals surface area contributed by atoms with Crippen molar-refractivity contribution in [2.45, 2.75) is 39.3 Å². The van der Waals surface area contributed by atoms with Crippen molar-refractivity contribution in [2.24, 2.45) is 0 Å². The van der Waals surface area contributed by atoms with Crippen LogP contribution in [0.2, 0.25) is 5.02 Å². The van der Waals surface area contributed by atoms with Crippen LogP contribution < -0.4 is 5.32 Å². The molecule has 0 amide bonds. The van der Waals surface area contributed by atoms with Gasteiger partial charge >= 0.3 is 0 Å². The lowest BCUT2D eigenvalue weighted by Crippen LogP contribution is -2.30. The molecular weight excluding hydrogens is 282 g/mol. The van der Waals surface area contributed by atoms with E-state index in [0.29, 0.717) is 5.75 Å². The van der Waals surface area contributed by atoms with Gasteiger partial charge in [-0.15, -0.1) is 0 Å². The molecule has 2 N–H and O–H groups in total. The molecule has 0 saturated heterocycles. The monoisotopic (exact) mass is 303 g/mol. The molecule has 0 fully saturated rings. The number of aryl methyl sites for hydroxylation is 1. The molecule has 0 bridgehead atoms. The maximum absolute atomic E-state index is 9.99. The molecule has 112 valence electrons. The number of rotatable bonds is 5. The molecule has 0 aliphatic heterocycles. The second-order valence-electron chi connectivity index (χ2n) is 5.65. The fraction of sp³-hybridized carbons (Fsp3) is 0.333. The van der Waals surface area contributed by atoms with E-state index in [1.54, 1.807) is 6.07 Å². The molecule has 0 radical (unpaired) electrons. The van der Waals surface area contributed by atoms with E-state index >= 15 is 0 Å². The Morgan fingerprint density at radius 1 is 1.14 bits per heavy atom. The van der Waals surface area contributed by atoms with Gasteiger partial charge in [-0.1, -0.05) is 47.5 Å². The Balaban J connectivity index is 2.04. The lowest BCUT2D eigenvalue weighted by Gasteiger charge is -2.22. The standard InChI is InChI=1S/C18H22ClNO/c1-12-8-9-18(21)16(10-12)14(3)20-13(2)11-15-6-4-5-7-17(15)19/h4-10,13-14,20-21H,11H2,1-3H3. The van der Waals surface area contributed by atoms with Crippen molar-refractivity contribution in [3.05, 3.63) is 64.2 Å². The number of hydrogen-bond donors (Lipinski definition) is 2. The lowest BCUT2D eigenvalue weighted by molar-refractivity contribution is 0.433. The first-order valence-corrected chi connectivity index (χ1v) is 7.64. The van der Waals surface area contributed by atoms with Crippen LogP contribution in [0.4, 0.5) is 0 Å². The number of nitrogens with one attached hydrogen (secondary N) is 1. The Kier molecular flexibility index (Phi) is 5.27. The second kappa shape index (κ2) is 6.97. The summed E-state index contributed by atoms with van der Waals surface area (Å²) in [5, 5.41) is 14.3. The number of hydrogen-bond acceptors (Lipinski definition) is 2. The Morgan fingerprint density at radius 3 is 2.57 bits per heavy atom. The Labute approximate surface area is 131 Å². The van der Waals surface area contributed by atoms with Gasteiger partial charge in [-0.2, -0.15) is 0 Å². The fourth-order valence-electron chi connectivity index (χ4n) is 2.59. The van der Waals surface area contributed by atoms with Gasteiger partial charge < -0.3 is 10.4 Å². The van der Waals surface area contributed by atoms with E-state index in [0.717, 1.165) is 28.1 Å². The summed E-state index contributed by atoms with van der Waals surface area (Å²) < 4.78 is 0. The minimum Gasteiger partial charge on any atom is -0.508 e. The summed E-state index contributed by atoms with van der Waals surface area (Å²) >= 11 is 6.20. The average Bonchev–Trinajstić information content (AvgIpc) is 2.44. The molecule has 2 unspecified atom stereocenters. The summed E-state index contributed by atoms with van der Waals surface area (Å²) in [5.74, 6) is 0.338. The molecule has 0 spiro atoms. The van der Waals surface area contributed by atoms with Crippen LogP contribution in [-0.2, 0) is 6.42 Å². The molecule has 2 nitrogen and oxygen atoms in total. The van der Waals surface area contributed by atoms with E-state index in [9.17, 15) is 5.11 Å². The summed E-state index contributed by atoms with van der Waals surface area (Å²) in [6, 6.07) is 14.0. The van der Waals surface area contributed by atoms with Crippen molar-refractivity contribution < 1.29 is 5.11 Å². The van der Waals surface area contributed by atoms with E-state index in [4.69, 9.17) is 11.6 Å². The van der Waals surface area contributed by atoms with E-state index in [2.05, 4.69) is 25.2 Å². The molecule has 2 aromatic carbocycles. The number of halogens is 1. The zero-order valence-corrected chi connectivity index (χ0v) is 13.5. The fourth-order valence-corrected chi connectivity index (χ4v) is 2.80. The number of benzene rings is 2. The van der Waals surface area contributed by atoms with Gasteiger partial charge in [-0.25, -0.2) is 0 Å². The van der Waals surface area contributed by atoms with Crippen LogP contribution >= 0.6 is 11.6 Å². The minimum atomic E-state index is 0.0855. The Morgan fingerprint density at radius 2 is 1.86 bits per heavy atom. The van der Waals surface area contributed by atoms with Gasteiger partial charge in [-0.05, 0) is 44.9 Å². The van der Waals surface area contributed by atoms with Crippen LogP contribution in [-0.4, -0.2) is 11.1 Å². The van der Waals surface area contributed by atoms with Crippen molar-refractivity contribution in [1.82, 2.24) is 5.32 Å². The van der Waals surface area contributed by atoms with Crippen molar-refractivity contribution >= 4 is 11.6 Å².